The van der Waals surface area contributed by atoms with Crippen molar-refractivity contribution in [1.29, 1.82) is 0 Å². The van der Waals surface area contributed by atoms with E-state index < -0.39 is 0 Å². The number of hydrogen-bond donors (Lipinski definition) is 0. The van der Waals surface area contributed by atoms with E-state index in [1.165, 1.54) is 4.90 Å². The fraction of sp³-hybridized carbons (Fsp3) is 0.778. The van der Waals surface area contributed by atoms with E-state index in [-0.39, 0.29) is 24.0 Å². The second-order valence-electron chi connectivity index (χ2n) is 3.30. The van der Waals surface area contributed by atoms with Crippen LogP contribution in [0.4, 0.5) is 4.79 Å². The zero-order valence-electron chi connectivity index (χ0n) is 8.24. The third-order valence-corrected chi connectivity index (χ3v) is 2.33. The standard InChI is InChI=1S/C9H15NO3/c1-4-13-9(12)10-6(2)5-8(11)7(10)3/h6-7H,4-5H2,1-3H3/t6-,7-/m0/s1. The minimum atomic E-state index is -0.381. The number of carbonyl (C=O) groups excluding carboxylic acids is 2. The van der Waals surface area contributed by atoms with E-state index in [1.54, 1.807) is 13.8 Å². The Morgan fingerprint density at radius 2 is 2.23 bits per heavy atom. The van der Waals surface area contributed by atoms with Gasteiger partial charge in [0.15, 0.2) is 5.78 Å². The van der Waals surface area contributed by atoms with Crippen molar-refractivity contribution in [2.45, 2.75) is 39.3 Å². The Morgan fingerprint density at radius 1 is 1.62 bits per heavy atom. The summed E-state index contributed by atoms with van der Waals surface area (Å²) in [7, 11) is 0. The molecule has 0 aromatic rings. The molecule has 0 aliphatic carbocycles. The van der Waals surface area contributed by atoms with Crippen LogP contribution in [0.3, 0.4) is 0 Å². The van der Waals surface area contributed by atoms with Crippen LogP contribution in [0.1, 0.15) is 27.2 Å². The SMILES string of the molecule is CCOC(=O)N1[C@@H](C)CC(=O)[C@@H]1C. The number of ether oxygens (including phenoxy) is 1. The van der Waals surface area contributed by atoms with E-state index in [4.69, 9.17) is 4.74 Å². The summed E-state index contributed by atoms with van der Waals surface area (Å²) >= 11 is 0. The summed E-state index contributed by atoms with van der Waals surface area (Å²) in [4.78, 5) is 24.1. The molecule has 1 rings (SSSR count). The molecule has 1 fully saturated rings. The maximum atomic E-state index is 11.4. The van der Waals surface area contributed by atoms with Crippen LogP contribution in [-0.2, 0) is 9.53 Å². The van der Waals surface area contributed by atoms with Gasteiger partial charge in [0.05, 0.1) is 12.6 Å². The molecule has 0 aromatic carbocycles. The molecule has 2 atom stereocenters. The van der Waals surface area contributed by atoms with Gasteiger partial charge in [-0.15, -0.1) is 0 Å². The predicted octanol–water partition coefficient (Wildman–Crippen LogP) is 1.19. The second-order valence-corrected chi connectivity index (χ2v) is 3.30. The molecule has 1 aliphatic rings. The Hall–Kier alpha value is -1.06. The molecule has 1 aliphatic heterocycles. The van der Waals surface area contributed by atoms with E-state index in [9.17, 15) is 9.59 Å². The van der Waals surface area contributed by atoms with Gasteiger partial charge in [-0.25, -0.2) is 4.79 Å². The molecule has 0 aromatic heterocycles. The van der Waals surface area contributed by atoms with Gasteiger partial charge in [0, 0.05) is 12.5 Å². The van der Waals surface area contributed by atoms with E-state index in [2.05, 4.69) is 0 Å². The average Bonchev–Trinajstić information content (AvgIpc) is 2.27. The van der Waals surface area contributed by atoms with Gasteiger partial charge in [0.1, 0.15) is 0 Å². The number of Topliss-reactive ketones (excluding diaryl/α,β-unsaturated/α-hetero) is 1. The number of amides is 1. The summed E-state index contributed by atoms with van der Waals surface area (Å²) in [5.74, 6) is 0.112. The van der Waals surface area contributed by atoms with Gasteiger partial charge in [-0.2, -0.15) is 0 Å². The van der Waals surface area contributed by atoms with Crippen LogP contribution in [-0.4, -0.2) is 35.5 Å². The first-order chi connectivity index (χ1) is 6.07. The molecule has 0 radical (unpaired) electrons. The van der Waals surface area contributed by atoms with Gasteiger partial charge >= 0.3 is 6.09 Å². The Morgan fingerprint density at radius 3 is 2.62 bits per heavy atom. The monoisotopic (exact) mass is 185 g/mol. The number of carbonyl (C=O) groups is 2. The van der Waals surface area contributed by atoms with E-state index in [0.717, 1.165) is 0 Å². The maximum Gasteiger partial charge on any atom is 0.410 e. The first kappa shape index (κ1) is 10.0. The highest BCUT2D eigenvalue weighted by Gasteiger charge is 2.38. The van der Waals surface area contributed by atoms with Crippen molar-refractivity contribution in [3.63, 3.8) is 0 Å². The topological polar surface area (TPSA) is 46.6 Å². The molecule has 4 nitrogen and oxygen atoms in total. The van der Waals surface area contributed by atoms with E-state index >= 15 is 0 Å². The molecule has 13 heavy (non-hydrogen) atoms. The zero-order chi connectivity index (χ0) is 10.0. The first-order valence-corrected chi connectivity index (χ1v) is 4.55. The Bertz CT molecular complexity index is 227. The Kier molecular flexibility index (Phi) is 2.90. The van der Waals surface area contributed by atoms with Crippen LogP contribution >= 0.6 is 0 Å². The summed E-state index contributed by atoms with van der Waals surface area (Å²) in [6.07, 6.45) is 0.0633. The van der Waals surface area contributed by atoms with Gasteiger partial charge in [-0.1, -0.05) is 0 Å². The highest BCUT2D eigenvalue weighted by Crippen LogP contribution is 2.21. The molecule has 0 bridgehead atoms. The molecular formula is C9H15NO3. The van der Waals surface area contributed by atoms with E-state index in [1.807, 2.05) is 6.92 Å². The lowest BCUT2D eigenvalue weighted by Gasteiger charge is -2.23. The number of ketones is 1. The zero-order valence-corrected chi connectivity index (χ0v) is 8.24. The van der Waals surface area contributed by atoms with Gasteiger partial charge in [0.25, 0.3) is 0 Å². The van der Waals surface area contributed by atoms with Gasteiger partial charge in [0.2, 0.25) is 0 Å². The normalized spacial score (nSPS) is 27.9. The lowest BCUT2D eigenvalue weighted by atomic mass is 10.2. The molecule has 1 heterocycles. The van der Waals surface area contributed by atoms with Crippen molar-refractivity contribution < 1.29 is 14.3 Å². The molecule has 4 heteroatoms. The summed E-state index contributed by atoms with van der Waals surface area (Å²) < 4.78 is 4.85. The maximum absolute atomic E-state index is 11.4. The van der Waals surface area contributed by atoms with Crippen LogP contribution in [0.2, 0.25) is 0 Å². The Balaban J connectivity index is 2.68. The molecule has 74 valence electrons. The average molecular weight is 185 g/mol. The summed E-state index contributed by atoms with van der Waals surface area (Å²) in [6.45, 7) is 5.70. The van der Waals surface area contributed by atoms with Gasteiger partial charge < -0.3 is 4.74 Å². The minimum Gasteiger partial charge on any atom is -0.450 e. The van der Waals surface area contributed by atoms with Crippen LogP contribution in [0.5, 0.6) is 0 Å². The molecule has 0 unspecified atom stereocenters. The second kappa shape index (κ2) is 3.77. The summed E-state index contributed by atoms with van der Waals surface area (Å²) in [5.41, 5.74) is 0. The number of rotatable bonds is 1. The first-order valence-electron chi connectivity index (χ1n) is 4.55. The van der Waals surface area contributed by atoms with Crippen molar-refractivity contribution in [3.05, 3.63) is 0 Å². The molecular weight excluding hydrogens is 170 g/mol. The highest BCUT2D eigenvalue weighted by molar-refractivity contribution is 5.90. The highest BCUT2D eigenvalue weighted by atomic mass is 16.6. The summed E-state index contributed by atoms with van der Waals surface area (Å²) in [5, 5.41) is 0. The smallest absolute Gasteiger partial charge is 0.410 e. The van der Waals surface area contributed by atoms with Crippen molar-refractivity contribution in [2.75, 3.05) is 6.61 Å². The fourth-order valence-electron chi connectivity index (χ4n) is 1.63. The van der Waals surface area contributed by atoms with Crippen LogP contribution in [0, 0.1) is 0 Å². The molecule has 0 saturated carbocycles. The number of nitrogens with zero attached hydrogens (tertiary/aromatic N) is 1. The molecule has 1 saturated heterocycles. The largest absolute Gasteiger partial charge is 0.450 e. The summed E-state index contributed by atoms with van der Waals surface area (Å²) in [6, 6.07) is -0.351. The number of likely N-dealkylation sites (tertiary alicyclic amines) is 1. The van der Waals surface area contributed by atoms with Crippen molar-refractivity contribution >= 4 is 11.9 Å². The fourth-order valence-corrected chi connectivity index (χ4v) is 1.63. The Labute approximate surface area is 77.8 Å². The molecule has 0 N–H and O–H groups in total. The third kappa shape index (κ3) is 1.82. The quantitative estimate of drug-likeness (QED) is 0.616. The van der Waals surface area contributed by atoms with Crippen LogP contribution < -0.4 is 0 Å². The van der Waals surface area contributed by atoms with Crippen LogP contribution in [0.25, 0.3) is 0 Å². The third-order valence-electron chi connectivity index (χ3n) is 2.33. The molecule has 1 amide bonds. The lowest BCUT2D eigenvalue weighted by molar-refractivity contribution is -0.119. The van der Waals surface area contributed by atoms with Gasteiger partial charge in [-0.05, 0) is 20.8 Å². The van der Waals surface area contributed by atoms with E-state index in [0.29, 0.717) is 13.0 Å². The van der Waals surface area contributed by atoms with Crippen molar-refractivity contribution in [2.24, 2.45) is 0 Å². The van der Waals surface area contributed by atoms with Gasteiger partial charge in [-0.3, -0.25) is 9.69 Å². The predicted molar refractivity (Wildman–Crippen MR) is 47.4 cm³/mol. The van der Waals surface area contributed by atoms with Crippen LogP contribution in [0.15, 0.2) is 0 Å². The lowest BCUT2D eigenvalue weighted by Crippen LogP contribution is -2.40. The number of hydrogen-bond acceptors (Lipinski definition) is 3. The minimum absolute atomic E-state index is 0.0263. The molecule has 0 spiro atoms. The van der Waals surface area contributed by atoms with Crippen molar-refractivity contribution in [1.82, 2.24) is 4.90 Å². The van der Waals surface area contributed by atoms with Crippen molar-refractivity contribution in [3.8, 4) is 0 Å².